The first-order valence-electron chi connectivity index (χ1n) is 5.81. The zero-order valence-corrected chi connectivity index (χ0v) is 9.38. The normalized spacial score (nSPS) is 22.0. The third-order valence-electron chi connectivity index (χ3n) is 2.75. The van der Waals surface area contributed by atoms with Crippen LogP contribution in [0.4, 0.5) is 0 Å². The molecule has 0 aromatic rings. The summed E-state index contributed by atoms with van der Waals surface area (Å²) in [5, 5.41) is 3.26. The van der Waals surface area contributed by atoms with Crippen molar-refractivity contribution in [1.29, 1.82) is 0 Å². The number of hydrogen-bond donors (Lipinski definition) is 1. The van der Waals surface area contributed by atoms with Gasteiger partial charge in [-0.15, -0.1) is 0 Å². The quantitative estimate of drug-likeness (QED) is 0.659. The third-order valence-corrected chi connectivity index (χ3v) is 2.75. The smallest absolute Gasteiger partial charge is 0.240 e. The number of rotatable bonds is 6. The van der Waals surface area contributed by atoms with E-state index in [1.807, 2.05) is 4.90 Å². The second-order valence-corrected chi connectivity index (χ2v) is 4.01. The van der Waals surface area contributed by atoms with E-state index in [4.69, 9.17) is 0 Å². The summed E-state index contributed by atoms with van der Waals surface area (Å²) in [4.78, 5) is 13.7. The van der Waals surface area contributed by atoms with E-state index in [0.717, 1.165) is 32.5 Å². The molecule has 0 aromatic heterocycles. The molecular weight excluding hydrogens is 176 g/mol. The van der Waals surface area contributed by atoms with Gasteiger partial charge in [0.1, 0.15) is 0 Å². The Labute approximate surface area is 86.9 Å². The van der Waals surface area contributed by atoms with Crippen LogP contribution in [0.15, 0.2) is 0 Å². The number of nitrogens with zero attached hydrogens (tertiary/aromatic N) is 1. The molecule has 1 rings (SSSR count). The Morgan fingerprint density at radius 2 is 2.14 bits per heavy atom. The number of carbonyl (C=O) groups is 1. The topological polar surface area (TPSA) is 32.3 Å². The minimum absolute atomic E-state index is 0.0987. The molecule has 3 heteroatoms. The summed E-state index contributed by atoms with van der Waals surface area (Å²) in [6.45, 7) is 5.99. The Morgan fingerprint density at radius 1 is 1.36 bits per heavy atom. The van der Waals surface area contributed by atoms with E-state index in [1.165, 1.54) is 12.8 Å². The fraction of sp³-hybridized carbons (Fsp3) is 0.909. The molecule has 1 aliphatic rings. The molecule has 0 radical (unpaired) electrons. The minimum atomic E-state index is 0.0987. The van der Waals surface area contributed by atoms with Gasteiger partial charge in [0.2, 0.25) is 5.91 Å². The van der Waals surface area contributed by atoms with Crippen molar-refractivity contribution in [3.8, 4) is 0 Å². The van der Waals surface area contributed by atoms with Crippen LogP contribution < -0.4 is 5.32 Å². The molecule has 1 saturated heterocycles. The van der Waals surface area contributed by atoms with Crippen LogP contribution in [0, 0.1) is 0 Å². The second-order valence-electron chi connectivity index (χ2n) is 4.01. The van der Waals surface area contributed by atoms with E-state index in [1.54, 1.807) is 0 Å². The highest BCUT2D eigenvalue weighted by Gasteiger charge is 2.29. The zero-order valence-electron chi connectivity index (χ0n) is 9.38. The molecule has 1 N–H and O–H groups in total. The SMILES string of the molecule is CCCCCN1CNC(CCC)C1=O. The molecule has 82 valence electrons. The van der Waals surface area contributed by atoms with Crippen LogP contribution in [0.2, 0.25) is 0 Å². The van der Waals surface area contributed by atoms with E-state index in [0.29, 0.717) is 5.91 Å². The molecular formula is C11H22N2O. The van der Waals surface area contributed by atoms with Gasteiger partial charge >= 0.3 is 0 Å². The number of hydrogen-bond acceptors (Lipinski definition) is 2. The van der Waals surface area contributed by atoms with Gasteiger partial charge in [-0.1, -0.05) is 33.1 Å². The maximum atomic E-state index is 11.8. The second kappa shape index (κ2) is 6.02. The number of carbonyl (C=O) groups excluding carboxylic acids is 1. The molecule has 1 aliphatic heterocycles. The van der Waals surface area contributed by atoms with Crippen molar-refractivity contribution in [3.05, 3.63) is 0 Å². The van der Waals surface area contributed by atoms with E-state index in [2.05, 4.69) is 19.2 Å². The van der Waals surface area contributed by atoms with Gasteiger partial charge in [-0.05, 0) is 12.8 Å². The minimum Gasteiger partial charge on any atom is -0.329 e. The van der Waals surface area contributed by atoms with Gasteiger partial charge < -0.3 is 4.90 Å². The van der Waals surface area contributed by atoms with Crippen LogP contribution in [0.3, 0.4) is 0 Å². The summed E-state index contributed by atoms with van der Waals surface area (Å²) in [7, 11) is 0. The Morgan fingerprint density at radius 3 is 2.79 bits per heavy atom. The molecule has 0 saturated carbocycles. The highest BCUT2D eigenvalue weighted by Crippen LogP contribution is 2.10. The molecule has 14 heavy (non-hydrogen) atoms. The van der Waals surface area contributed by atoms with Crippen molar-refractivity contribution in [2.24, 2.45) is 0 Å². The van der Waals surface area contributed by atoms with Gasteiger partial charge in [-0.2, -0.15) is 0 Å². The first-order valence-corrected chi connectivity index (χ1v) is 5.81. The molecule has 1 unspecified atom stereocenters. The first-order chi connectivity index (χ1) is 6.79. The average molecular weight is 198 g/mol. The summed E-state index contributed by atoms with van der Waals surface area (Å²) < 4.78 is 0. The number of unbranched alkanes of at least 4 members (excludes halogenated alkanes) is 2. The Kier molecular flexibility index (Phi) is 4.94. The lowest BCUT2D eigenvalue weighted by Crippen LogP contribution is -2.31. The summed E-state index contributed by atoms with van der Waals surface area (Å²) in [6, 6.07) is 0.0987. The van der Waals surface area contributed by atoms with Crippen molar-refractivity contribution in [3.63, 3.8) is 0 Å². The maximum absolute atomic E-state index is 11.8. The molecule has 0 aliphatic carbocycles. The van der Waals surface area contributed by atoms with Crippen molar-refractivity contribution >= 4 is 5.91 Å². The maximum Gasteiger partial charge on any atom is 0.240 e. The van der Waals surface area contributed by atoms with Crippen LogP contribution in [0.25, 0.3) is 0 Å². The Bertz CT molecular complexity index is 182. The van der Waals surface area contributed by atoms with Crippen molar-refractivity contribution < 1.29 is 4.79 Å². The predicted molar refractivity (Wildman–Crippen MR) is 57.9 cm³/mol. The number of amides is 1. The van der Waals surface area contributed by atoms with Gasteiger partial charge in [0, 0.05) is 6.54 Å². The number of nitrogens with one attached hydrogen (secondary N) is 1. The van der Waals surface area contributed by atoms with Gasteiger partial charge in [0.05, 0.1) is 12.7 Å². The summed E-state index contributed by atoms with van der Waals surface area (Å²) in [5.74, 6) is 0.308. The average Bonchev–Trinajstić information content (AvgIpc) is 2.51. The molecule has 0 spiro atoms. The van der Waals surface area contributed by atoms with Gasteiger partial charge in [-0.3, -0.25) is 10.1 Å². The zero-order chi connectivity index (χ0) is 10.4. The lowest BCUT2D eigenvalue weighted by Gasteiger charge is -2.14. The van der Waals surface area contributed by atoms with E-state index in [-0.39, 0.29) is 6.04 Å². The summed E-state index contributed by atoms with van der Waals surface area (Å²) in [6.07, 6.45) is 5.63. The Hall–Kier alpha value is -0.570. The van der Waals surface area contributed by atoms with Gasteiger partial charge in [0.15, 0.2) is 0 Å². The van der Waals surface area contributed by atoms with Gasteiger partial charge in [-0.25, -0.2) is 0 Å². The highest BCUT2D eigenvalue weighted by molar-refractivity contribution is 5.83. The summed E-state index contributed by atoms with van der Waals surface area (Å²) in [5.41, 5.74) is 0. The largest absolute Gasteiger partial charge is 0.329 e. The van der Waals surface area contributed by atoms with Crippen LogP contribution in [-0.2, 0) is 4.79 Å². The van der Waals surface area contributed by atoms with E-state index in [9.17, 15) is 4.79 Å². The molecule has 1 amide bonds. The molecule has 3 nitrogen and oxygen atoms in total. The Balaban J connectivity index is 2.25. The lowest BCUT2D eigenvalue weighted by molar-refractivity contribution is -0.129. The molecule has 0 bridgehead atoms. The molecule has 1 fully saturated rings. The van der Waals surface area contributed by atoms with Crippen molar-refractivity contribution in [2.45, 2.75) is 52.0 Å². The van der Waals surface area contributed by atoms with Crippen LogP contribution in [0.1, 0.15) is 46.0 Å². The molecule has 1 atom stereocenters. The van der Waals surface area contributed by atoms with Crippen LogP contribution in [0.5, 0.6) is 0 Å². The monoisotopic (exact) mass is 198 g/mol. The fourth-order valence-corrected chi connectivity index (χ4v) is 1.86. The fourth-order valence-electron chi connectivity index (χ4n) is 1.86. The third kappa shape index (κ3) is 2.98. The predicted octanol–water partition coefficient (Wildman–Crippen LogP) is 1.73. The van der Waals surface area contributed by atoms with Gasteiger partial charge in [0.25, 0.3) is 0 Å². The van der Waals surface area contributed by atoms with Crippen molar-refractivity contribution in [2.75, 3.05) is 13.2 Å². The molecule has 1 heterocycles. The molecule has 0 aromatic carbocycles. The first kappa shape index (κ1) is 11.5. The van der Waals surface area contributed by atoms with Crippen LogP contribution >= 0.6 is 0 Å². The lowest BCUT2D eigenvalue weighted by atomic mass is 10.1. The standard InChI is InChI=1S/C11H22N2O/c1-3-5-6-8-13-9-12-10(7-4-2)11(13)14/h10,12H,3-9H2,1-2H3. The van der Waals surface area contributed by atoms with Crippen molar-refractivity contribution in [1.82, 2.24) is 10.2 Å². The van der Waals surface area contributed by atoms with Crippen LogP contribution in [-0.4, -0.2) is 30.1 Å². The van der Waals surface area contributed by atoms with E-state index < -0.39 is 0 Å². The van der Waals surface area contributed by atoms with E-state index >= 15 is 0 Å². The summed E-state index contributed by atoms with van der Waals surface area (Å²) >= 11 is 0. The highest BCUT2D eigenvalue weighted by atomic mass is 16.2.